The molecule has 0 spiro atoms. The van der Waals surface area contributed by atoms with E-state index in [9.17, 15) is 0 Å². The molecule has 0 unspecified atom stereocenters. The Labute approximate surface area is 102 Å². The standard InChI is InChI=1S/C11H11BrN2O2/c1-15-11-9(3-2-5-13-11)14-7-10-8(12)4-6-16-10/h2-6,14H,7H2,1H3. The second-order valence-corrected chi connectivity index (χ2v) is 3.96. The molecule has 1 N–H and O–H groups in total. The summed E-state index contributed by atoms with van der Waals surface area (Å²) in [6, 6.07) is 5.61. The summed E-state index contributed by atoms with van der Waals surface area (Å²) in [5.41, 5.74) is 0.841. The first kappa shape index (κ1) is 11.0. The summed E-state index contributed by atoms with van der Waals surface area (Å²) >= 11 is 3.39. The summed E-state index contributed by atoms with van der Waals surface area (Å²) in [5, 5.41) is 3.20. The van der Waals surface area contributed by atoms with Crippen LogP contribution < -0.4 is 10.1 Å². The molecule has 5 heteroatoms. The van der Waals surface area contributed by atoms with Gasteiger partial charge in [-0.15, -0.1) is 0 Å². The number of rotatable bonds is 4. The average molecular weight is 283 g/mol. The zero-order chi connectivity index (χ0) is 11.4. The van der Waals surface area contributed by atoms with Gasteiger partial charge in [0, 0.05) is 6.20 Å². The lowest BCUT2D eigenvalue weighted by atomic mass is 10.3. The predicted octanol–water partition coefficient (Wildman–Crippen LogP) is 3.06. The van der Waals surface area contributed by atoms with E-state index in [1.54, 1.807) is 19.6 Å². The second kappa shape index (κ2) is 5.03. The number of anilines is 1. The summed E-state index contributed by atoms with van der Waals surface area (Å²) in [4.78, 5) is 4.09. The van der Waals surface area contributed by atoms with Crippen molar-refractivity contribution in [3.63, 3.8) is 0 Å². The van der Waals surface area contributed by atoms with Crippen molar-refractivity contribution in [1.29, 1.82) is 0 Å². The van der Waals surface area contributed by atoms with E-state index >= 15 is 0 Å². The van der Waals surface area contributed by atoms with Crippen LogP contribution in [0, 0.1) is 0 Å². The van der Waals surface area contributed by atoms with Crippen LogP contribution in [0.2, 0.25) is 0 Å². The largest absolute Gasteiger partial charge is 0.480 e. The van der Waals surface area contributed by atoms with Gasteiger partial charge >= 0.3 is 0 Å². The predicted molar refractivity (Wildman–Crippen MR) is 64.5 cm³/mol. The maximum atomic E-state index is 5.29. The quantitative estimate of drug-likeness (QED) is 0.936. The van der Waals surface area contributed by atoms with Crippen molar-refractivity contribution in [3.05, 3.63) is 40.9 Å². The number of hydrogen-bond acceptors (Lipinski definition) is 4. The third kappa shape index (κ3) is 2.36. The molecule has 0 aliphatic carbocycles. The van der Waals surface area contributed by atoms with Gasteiger partial charge in [0.25, 0.3) is 0 Å². The van der Waals surface area contributed by atoms with Gasteiger partial charge in [-0.05, 0) is 34.1 Å². The highest BCUT2D eigenvalue weighted by Gasteiger charge is 2.06. The lowest BCUT2D eigenvalue weighted by Gasteiger charge is -2.08. The van der Waals surface area contributed by atoms with Crippen molar-refractivity contribution in [2.45, 2.75) is 6.54 Å². The molecule has 16 heavy (non-hydrogen) atoms. The Morgan fingerprint density at radius 3 is 3.06 bits per heavy atom. The van der Waals surface area contributed by atoms with Crippen LogP contribution in [0.4, 0.5) is 5.69 Å². The Bertz CT molecular complexity index is 471. The molecular formula is C11H11BrN2O2. The minimum absolute atomic E-state index is 0.574. The molecular weight excluding hydrogens is 272 g/mol. The zero-order valence-electron chi connectivity index (χ0n) is 8.74. The summed E-state index contributed by atoms with van der Waals surface area (Å²) in [6.07, 6.45) is 3.33. The van der Waals surface area contributed by atoms with Gasteiger partial charge in [0.2, 0.25) is 5.88 Å². The minimum Gasteiger partial charge on any atom is -0.480 e. The fourth-order valence-corrected chi connectivity index (χ4v) is 1.66. The zero-order valence-corrected chi connectivity index (χ0v) is 10.3. The van der Waals surface area contributed by atoms with Crippen molar-refractivity contribution in [2.24, 2.45) is 0 Å². The topological polar surface area (TPSA) is 47.3 Å². The Morgan fingerprint density at radius 2 is 2.38 bits per heavy atom. The van der Waals surface area contributed by atoms with Crippen LogP contribution in [0.3, 0.4) is 0 Å². The Morgan fingerprint density at radius 1 is 1.50 bits per heavy atom. The molecule has 0 saturated heterocycles. The Kier molecular flexibility index (Phi) is 3.46. The van der Waals surface area contributed by atoms with Crippen molar-refractivity contribution in [2.75, 3.05) is 12.4 Å². The molecule has 0 fully saturated rings. The highest BCUT2D eigenvalue weighted by molar-refractivity contribution is 9.10. The van der Waals surface area contributed by atoms with Crippen LogP contribution in [0.15, 0.2) is 39.5 Å². The van der Waals surface area contributed by atoms with Crippen LogP contribution in [-0.2, 0) is 6.54 Å². The van der Waals surface area contributed by atoms with Crippen LogP contribution in [0.1, 0.15) is 5.76 Å². The number of aromatic nitrogens is 1. The molecule has 0 saturated carbocycles. The maximum absolute atomic E-state index is 5.29. The van der Waals surface area contributed by atoms with Gasteiger partial charge in [0.15, 0.2) is 0 Å². The molecule has 2 heterocycles. The van der Waals surface area contributed by atoms with Gasteiger partial charge in [0.05, 0.1) is 30.1 Å². The molecule has 2 aromatic rings. The van der Waals surface area contributed by atoms with Gasteiger partial charge in [-0.3, -0.25) is 0 Å². The molecule has 2 rings (SSSR count). The number of pyridine rings is 1. The first-order valence-corrected chi connectivity index (χ1v) is 5.55. The van der Waals surface area contributed by atoms with Crippen molar-refractivity contribution in [3.8, 4) is 5.88 Å². The monoisotopic (exact) mass is 282 g/mol. The third-order valence-corrected chi connectivity index (χ3v) is 2.80. The number of halogens is 1. The minimum atomic E-state index is 0.574. The number of nitrogens with one attached hydrogen (secondary N) is 1. The van der Waals surface area contributed by atoms with E-state index in [1.165, 1.54) is 0 Å². The molecule has 0 aliphatic rings. The first-order valence-electron chi connectivity index (χ1n) is 4.76. The van der Waals surface area contributed by atoms with Gasteiger partial charge in [0.1, 0.15) is 5.76 Å². The number of ether oxygens (including phenoxy) is 1. The van der Waals surface area contributed by atoms with Crippen molar-refractivity contribution >= 4 is 21.6 Å². The smallest absolute Gasteiger partial charge is 0.237 e. The summed E-state index contributed by atoms with van der Waals surface area (Å²) in [6.45, 7) is 0.579. The molecule has 2 aromatic heterocycles. The normalized spacial score (nSPS) is 10.1. The van der Waals surface area contributed by atoms with Gasteiger partial charge in [-0.1, -0.05) is 0 Å². The number of nitrogens with zero attached hydrogens (tertiary/aromatic N) is 1. The summed E-state index contributed by atoms with van der Waals surface area (Å²) in [5.74, 6) is 1.41. The molecule has 0 amide bonds. The Hall–Kier alpha value is -1.49. The molecule has 84 valence electrons. The third-order valence-electron chi connectivity index (χ3n) is 2.09. The van der Waals surface area contributed by atoms with E-state index in [0.717, 1.165) is 15.9 Å². The van der Waals surface area contributed by atoms with E-state index in [0.29, 0.717) is 12.4 Å². The number of methoxy groups -OCH3 is 1. The average Bonchev–Trinajstić information content (AvgIpc) is 2.72. The van der Waals surface area contributed by atoms with E-state index in [-0.39, 0.29) is 0 Å². The van der Waals surface area contributed by atoms with E-state index in [2.05, 4.69) is 26.2 Å². The van der Waals surface area contributed by atoms with Gasteiger partial charge in [-0.2, -0.15) is 0 Å². The molecule has 0 aromatic carbocycles. The first-order chi connectivity index (χ1) is 7.81. The summed E-state index contributed by atoms with van der Waals surface area (Å²) in [7, 11) is 1.59. The molecule has 0 radical (unpaired) electrons. The Balaban J connectivity index is 2.07. The highest BCUT2D eigenvalue weighted by Crippen LogP contribution is 2.23. The molecule has 0 atom stereocenters. The summed E-state index contributed by atoms with van der Waals surface area (Å²) < 4.78 is 11.4. The number of hydrogen-bond donors (Lipinski definition) is 1. The van der Waals surface area contributed by atoms with E-state index in [4.69, 9.17) is 9.15 Å². The van der Waals surface area contributed by atoms with E-state index < -0.39 is 0 Å². The van der Waals surface area contributed by atoms with Crippen LogP contribution in [-0.4, -0.2) is 12.1 Å². The van der Waals surface area contributed by atoms with Gasteiger partial charge in [-0.25, -0.2) is 4.98 Å². The number of furan rings is 1. The fraction of sp³-hybridized carbons (Fsp3) is 0.182. The lowest BCUT2D eigenvalue weighted by molar-refractivity contribution is 0.399. The maximum Gasteiger partial charge on any atom is 0.237 e. The van der Waals surface area contributed by atoms with Crippen molar-refractivity contribution < 1.29 is 9.15 Å². The van der Waals surface area contributed by atoms with Crippen LogP contribution >= 0.6 is 15.9 Å². The fourth-order valence-electron chi connectivity index (χ4n) is 1.31. The van der Waals surface area contributed by atoms with Gasteiger partial charge < -0.3 is 14.5 Å². The molecule has 4 nitrogen and oxygen atoms in total. The lowest BCUT2D eigenvalue weighted by Crippen LogP contribution is -2.01. The molecule has 0 bridgehead atoms. The highest BCUT2D eigenvalue weighted by atomic mass is 79.9. The SMILES string of the molecule is COc1ncccc1NCc1occc1Br. The molecule has 0 aliphatic heterocycles. The second-order valence-electron chi connectivity index (χ2n) is 3.11. The van der Waals surface area contributed by atoms with Crippen LogP contribution in [0.5, 0.6) is 5.88 Å². The van der Waals surface area contributed by atoms with Crippen LogP contribution in [0.25, 0.3) is 0 Å². The van der Waals surface area contributed by atoms with E-state index in [1.807, 2.05) is 18.2 Å². The van der Waals surface area contributed by atoms with Crippen molar-refractivity contribution in [1.82, 2.24) is 4.98 Å².